The highest BCUT2D eigenvalue weighted by molar-refractivity contribution is 7.20. The number of piperidine rings is 1. The second-order valence-corrected chi connectivity index (χ2v) is 9.48. The molecule has 0 unspecified atom stereocenters. The maximum atomic E-state index is 12.7. The summed E-state index contributed by atoms with van der Waals surface area (Å²) in [4.78, 5) is 28.4. The Morgan fingerprint density at radius 1 is 0.929 bits per heavy atom. The van der Waals surface area contributed by atoms with Crippen LogP contribution in [-0.2, 0) is 0 Å². The van der Waals surface area contributed by atoms with Crippen LogP contribution in [0.4, 0.5) is 11.6 Å². The molecule has 0 atom stereocenters. The number of rotatable bonds is 3. The van der Waals surface area contributed by atoms with Gasteiger partial charge in [-0.1, -0.05) is 23.2 Å². The lowest BCUT2D eigenvalue weighted by molar-refractivity contribution is 0.0747. The zero-order valence-corrected chi connectivity index (χ0v) is 18.2. The fourth-order valence-corrected chi connectivity index (χ4v) is 5.23. The molecule has 2 aliphatic heterocycles. The van der Waals surface area contributed by atoms with Gasteiger partial charge in [-0.3, -0.25) is 4.79 Å². The first-order valence-corrected chi connectivity index (χ1v) is 11.2. The molecule has 0 aliphatic carbocycles. The molecule has 150 valence electrons. The summed E-state index contributed by atoms with van der Waals surface area (Å²) in [5, 5.41) is 0. The molecule has 1 amide bonds. The number of carbonyl (C=O) groups excluding carboxylic acids is 1. The average molecular weight is 440 g/mol. The van der Waals surface area contributed by atoms with Gasteiger partial charge in [0.25, 0.3) is 5.91 Å². The molecule has 2 aromatic rings. The fourth-order valence-electron chi connectivity index (χ4n) is 3.78. The molecule has 2 fully saturated rings. The van der Waals surface area contributed by atoms with E-state index in [1.165, 1.54) is 30.6 Å². The third-order valence-corrected chi connectivity index (χ3v) is 6.76. The van der Waals surface area contributed by atoms with E-state index in [1.54, 1.807) is 6.07 Å². The number of nitrogens with zero attached hydrogens (tertiary/aromatic N) is 5. The maximum Gasteiger partial charge on any atom is 0.256 e. The van der Waals surface area contributed by atoms with Crippen molar-refractivity contribution < 1.29 is 4.79 Å². The van der Waals surface area contributed by atoms with Crippen LogP contribution < -0.4 is 9.80 Å². The second-order valence-electron chi connectivity index (χ2n) is 7.20. The number of thiophene rings is 1. The van der Waals surface area contributed by atoms with E-state index in [0.29, 0.717) is 27.3 Å². The first kappa shape index (κ1) is 19.7. The molecule has 2 saturated heterocycles. The summed E-state index contributed by atoms with van der Waals surface area (Å²) in [5.41, 5.74) is 0.496. The van der Waals surface area contributed by atoms with Crippen molar-refractivity contribution in [2.75, 3.05) is 49.1 Å². The van der Waals surface area contributed by atoms with E-state index in [4.69, 9.17) is 23.2 Å². The van der Waals surface area contributed by atoms with Crippen molar-refractivity contribution in [1.29, 1.82) is 0 Å². The number of amides is 1. The maximum absolute atomic E-state index is 12.7. The minimum Gasteiger partial charge on any atom is -0.356 e. The second kappa shape index (κ2) is 8.43. The predicted molar refractivity (Wildman–Crippen MR) is 115 cm³/mol. The number of anilines is 2. The van der Waals surface area contributed by atoms with Gasteiger partial charge in [0, 0.05) is 45.3 Å². The molecule has 0 aromatic carbocycles. The van der Waals surface area contributed by atoms with Gasteiger partial charge in [-0.25, -0.2) is 9.97 Å². The first-order chi connectivity index (χ1) is 13.5. The van der Waals surface area contributed by atoms with Gasteiger partial charge in [0.15, 0.2) is 0 Å². The summed E-state index contributed by atoms with van der Waals surface area (Å²) in [6.45, 7) is 6.78. The molecular formula is C19H23Cl2N5OS. The number of hydrogen-bond acceptors (Lipinski definition) is 6. The molecule has 28 heavy (non-hydrogen) atoms. The van der Waals surface area contributed by atoms with Crippen LogP contribution in [0.2, 0.25) is 8.67 Å². The van der Waals surface area contributed by atoms with E-state index in [0.717, 1.165) is 43.6 Å². The third-order valence-electron chi connectivity index (χ3n) is 5.27. The molecule has 9 heteroatoms. The Bertz CT molecular complexity index is 860. The van der Waals surface area contributed by atoms with Crippen molar-refractivity contribution in [1.82, 2.24) is 14.9 Å². The number of carbonyl (C=O) groups is 1. The number of aromatic nitrogens is 2. The average Bonchev–Trinajstić information content (AvgIpc) is 3.06. The van der Waals surface area contributed by atoms with Gasteiger partial charge in [-0.2, -0.15) is 0 Å². The molecule has 0 bridgehead atoms. The molecule has 0 saturated carbocycles. The van der Waals surface area contributed by atoms with Gasteiger partial charge in [-0.15, -0.1) is 11.3 Å². The van der Waals surface area contributed by atoms with Gasteiger partial charge in [0.05, 0.1) is 9.90 Å². The summed E-state index contributed by atoms with van der Waals surface area (Å²) in [6, 6.07) is 3.74. The molecular weight excluding hydrogens is 417 g/mol. The topological polar surface area (TPSA) is 52.6 Å². The Hall–Kier alpha value is -1.57. The van der Waals surface area contributed by atoms with E-state index in [1.807, 2.05) is 11.8 Å². The molecule has 0 N–H and O–H groups in total. The quantitative estimate of drug-likeness (QED) is 0.719. The van der Waals surface area contributed by atoms with Crippen molar-refractivity contribution in [2.24, 2.45) is 0 Å². The monoisotopic (exact) mass is 439 g/mol. The van der Waals surface area contributed by atoms with Gasteiger partial charge in [0.2, 0.25) is 0 Å². The normalized spacial score (nSPS) is 17.9. The van der Waals surface area contributed by atoms with Crippen LogP contribution in [0.5, 0.6) is 0 Å². The van der Waals surface area contributed by atoms with Crippen LogP contribution in [0.15, 0.2) is 12.1 Å². The van der Waals surface area contributed by atoms with Crippen LogP contribution in [0, 0.1) is 6.92 Å². The highest BCUT2D eigenvalue weighted by Gasteiger charge is 2.26. The van der Waals surface area contributed by atoms with E-state index in [2.05, 4.69) is 25.8 Å². The molecule has 0 spiro atoms. The Morgan fingerprint density at radius 3 is 2.11 bits per heavy atom. The van der Waals surface area contributed by atoms with Crippen LogP contribution in [-0.4, -0.2) is 60.0 Å². The summed E-state index contributed by atoms with van der Waals surface area (Å²) in [6.07, 6.45) is 3.73. The minimum absolute atomic E-state index is 0.0549. The van der Waals surface area contributed by atoms with E-state index in [-0.39, 0.29) is 5.91 Å². The molecule has 4 rings (SSSR count). The SMILES string of the molecule is Cc1nc(N2CCCCC2)cc(N2CCN(C(=O)c3cc(Cl)sc3Cl)CC2)n1. The van der Waals surface area contributed by atoms with Crippen molar-refractivity contribution in [3.8, 4) is 0 Å². The van der Waals surface area contributed by atoms with Gasteiger partial charge in [-0.05, 0) is 32.3 Å². The Labute approximate surface area is 179 Å². The number of halogens is 2. The summed E-state index contributed by atoms with van der Waals surface area (Å²) in [7, 11) is 0. The predicted octanol–water partition coefficient (Wildman–Crippen LogP) is 4.11. The largest absolute Gasteiger partial charge is 0.356 e. The molecule has 4 heterocycles. The smallest absolute Gasteiger partial charge is 0.256 e. The Kier molecular flexibility index (Phi) is 5.94. The molecule has 2 aromatic heterocycles. The standard InChI is InChI=1S/C19H23Cl2N5OS/c1-13-22-16(24-5-3-2-4-6-24)12-17(23-13)25-7-9-26(10-8-25)19(27)14-11-15(20)28-18(14)21/h11-12H,2-10H2,1H3. The van der Waals surface area contributed by atoms with Crippen molar-refractivity contribution in [2.45, 2.75) is 26.2 Å². The number of aryl methyl sites for hydroxylation is 1. The van der Waals surface area contributed by atoms with E-state index in [9.17, 15) is 4.79 Å². The van der Waals surface area contributed by atoms with Crippen LogP contribution in [0.3, 0.4) is 0 Å². The van der Waals surface area contributed by atoms with Crippen molar-refractivity contribution in [3.63, 3.8) is 0 Å². The zero-order valence-electron chi connectivity index (χ0n) is 15.8. The van der Waals surface area contributed by atoms with Gasteiger partial charge >= 0.3 is 0 Å². The number of hydrogen-bond donors (Lipinski definition) is 0. The fraction of sp³-hybridized carbons (Fsp3) is 0.526. The van der Waals surface area contributed by atoms with E-state index < -0.39 is 0 Å². The lowest BCUT2D eigenvalue weighted by atomic mass is 10.1. The Morgan fingerprint density at radius 2 is 1.54 bits per heavy atom. The lowest BCUT2D eigenvalue weighted by Crippen LogP contribution is -2.49. The first-order valence-electron chi connectivity index (χ1n) is 9.61. The number of piperazine rings is 1. The summed E-state index contributed by atoms with van der Waals surface area (Å²) < 4.78 is 0.990. The van der Waals surface area contributed by atoms with Crippen molar-refractivity contribution >= 4 is 52.1 Å². The van der Waals surface area contributed by atoms with Crippen LogP contribution >= 0.6 is 34.5 Å². The van der Waals surface area contributed by atoms with E-state index >= 15 is 0 Å². The zero-order chi connectivity index (χ0) is 19.7. The Balaban J connectivity index is 1.44. The molecule has 2 aliphatic rings. The van der Waals surface area contributed by atoms with Crippen LogP contribution in [0.25, 0.3) is 0 Å². The van der Waals surface area contributed by atoms with Gasteiger partial charge < -0.3 is 14.7 Å². The highest BCUT2D eigenvalue weighted by Crippen LogP contribution is 2.32. The molecule has 6 nitrogen and oxygen atoms in total. The minimum atomic E-state index is -0.0549. The lowest BCUT2D eigenvalue weighted by Gasteiger charge is -2.36. The van der Waals surface area contributed by atoms with Crippen molar-refractivity contribution in [3.05, 3.63) is 32.2 Å². The van der Waals surface area contributed by atoms with Crippen LogP contribution in [0.1, 0.15) is 35.4 Å². The molecule has 0 radical (unpaired) electrons. The highest BCUT2D eigenvalue weighted by atomic mass is 35.5. The third kappa shape index (κ3) is 4.21. The summed E-state index contributed by atoms with van der Waals surface area (Å²) >= 11 is 13.4. The summed E-state index contributed by atoms with van der Waals surface area (Å²) in [5.74, 6) is 2.69. The van der Waals surface area contributed by atoms with Gasteiger partial charge in [0.1, 0.15) is 21.8 Å².